The van der Waals surface area contributed by atoms with Crippen LogP contribution in [-0.2, 0) is 0 Å². The van der Waals surface area contributed by atoms with E-state index < -0.39 is 0 Å². The highest BCUT2D eigenvalue weighted by molar-refractivity contribution is 8.18. The zero-order valence-electron chi connectivity index (χ0n) is 4.20. The maximum Gasteiger partial charge on any atom is 0.0697 e. The standard InChI is InChI=1S/C4H6S4/c5-3-1-7-4(6)2-8-3/h3-4H,1-2H2. The summed E-state index contributed by atoms with van der Waals surface area (Å²) in [6, 6.07) is 0. The third-order valence-electron chi connectivity index (χ3n) is 0.836. The van der Waals surface area contributed by atoms with Gasteiger partial charge in [0.25, 0.3) is 0 Å². The number of thioether (sulfide) groups is 2. The molecule has 0 aromatic carbocycles. The highest BCUT2D eigenvalue weighted by Gasteiger charge is 2.16. The molecule has 0 amide bonds. The summed E-state index contributed by atoms with van der Waals surface area (Å²) in [6.45, 7) is 0. The third-order valence-corrected chi connectivity index (χ3v) is 4.96. The molecule has 1 aliphatic rings. The Labute approximate surface area is 69.4 Å². The van der Waals surface area contributed by atoms with Crippen molar-refractivity contribution in [2.45, 2.75) is 9.16 Å². The Hall–Kier alpha value is 1.40. The van der Waals surface area contributed by atoms with Crippen molar-refractivity contribution in [2.24, 2.45) is 0 Å². The molecule has 1 fully saturated rings. The van der Waals surface area contributed by atoms with Gasteiger partial charge < -0.3 is 0 Å². The molecule has 46 valence electrons. The Morgan fingerprint density at radius 2 is 1.38 bits per heavy atom. The Bertz CT molecular complexity index is 56.4. The summed E-state index contributed by atoms with van der Waals surface area (Å²) in [5, 5.41) is 0. The summed E-state index contributed by atoms with van der Waals surface area (Å²) in [7, 11) is 0. The predicted octanol–water partition coefficient (Wildman–Crippen LogP) is 2.51. The molecule has 0 aliphatic carbocycles. The van der Waals surface area contributed by atoms with Crippen LogP contribution in [0.5, 0.6) is 0 Å². The van der Waals surface area contributed by atoms with Gasteiger partial charge in [-0.15, -0.1) is 23.5 Å². The van der Waals surface area contributed by atoms with Gasteiger partial charge in [-0.3, -0.25) is 0 Å². The Balaban J connectivity index is 2.19. The second kappa shape index (κ2) is 3.54. The molecule has 0 aromatic rings. The molecule has 0 spiro atoms. The molecule has 1 heterocycles. The summed E-state index contributed by atoms with van der Waals surface area (Å²) >= 11 is 13.7. The highest BCUT2D eigenvalue weighted by atomic mass is 32.2. The van der Waals surface area contributed by atoms with Crippen LogP contribution in [0.2, 0.25) is 0 Å². The molecule has 0 nitrogen and oxygen atoms in total. The average molecular weight is 182 g/mol. The highest BCUT2D eigenvalue weighted by Crippen LogP contribution is 2.32. The zero-order valence-corrected chi connectivity index (χ0v) is 7.47. The maximum absolute atomic E-state index is 5.04. The normalized spacial score (nSPS) is 39.8. The Morgan fingerprint density at radius 3 is 1.62 bits per heavy atom. The van der Waals surface area contributed by atoms with E-state index in [2.05, 4.69) is 0 Å². The smallest absolute Gasteiger partial charge is 0.0697 e. The van der Waals surface area contributed by atoms with Gasteiger partial charge in [0.05, 0.1) is 9.16 Å². The lowest BCUT2D eigenvalue weighted by molar-refractivity contribution is 1.34. The van der Waals surface area contributed by atoms with Gasteiger partial charge in [0, 0.05) is 11.5 Å². The first kappa shape index (κ1) is 7.51. The molecule has 2 atom stereocenters. The first-order chi connectivity index (χ1) is 3.79. The van der Waals surface area contributed by atoms with Crippen LogP contribution < -0.4 is 0 Å². The SMILES string of the molecule is [S]C1CSC([S])CS1. The van der Waals surface area contributed by atoms with Crippen LogP contribution in [0.4, 0.5) is 0 Å². The molecule has 0 saturated carbocycles. The van der Waals surface area contributed by atoms with E-state index in [1.807, 2.05) is 23.5 Å². The lowest BCUT2D eigenvalue weighted by Gasteiger charge is -2.19. The second-order valence-electron chi connectivity index (χ2n) is 1.53. The molecule has 2 radical (unpaired) electrons. The minimum Gasteiger partial charge on any atom is -0.144 e. The lowest BCUT2D eigenvalue weighted by atomic mass is 10.9. The molecule has 2 unspecified atom stereocenters. The lowest BCUT2D eigenvalue weighted by Crippen LogP contribution is -2.12. The minimum atomic E-state index is 0.416. The van der Waals surface area contributed by atoms with Gasteiger partial charge in [-0.25, -0.2) is 0 Å². The molecule has 1 saturated heterocycles. The Morgan fingerprint density at radius 1 is 1.00 bits per heavy atom. The predicted molar refractivity (Wildman–Crippen MR) is 47.7 cm³/mol. The van der Waals surface area contributed by atoms with Crippen molar-refractivity contribution in [3.63, 3.8) is 0 Å². The van der Waals surface area contributed by atoms with Crippen LogP contribution in [0.3, 0.4) is 0 Å². The fourth-order valence-corrected chi connectivity index (χ4v) is 3.40. The molecule has 8 heavy (non-hydrogen) atoms. The summed E-state index contributed by atoms with van der Waals surface area (Å²) < 4.78 is 0.832. The van der Waals surface area contributed by atoms with Crippen LogP contribution in [0.15, 0.2) is 0 Å². The van der Waals surface area contributed by atoms with Gasteiger partial charge in [-0.1, -0.05) is 25.3 Å². The van der Waals surface area contributed by atoms with Crippen LogP contribution in [0.1, 0.15) is 0 Å². The number of hydrogen-bond donors (Lipinski definition) is 0. The van der Waals surface area contributed by atoms with Gasteiger partial charge in [0.2, 0.25) is 0 Å². The van der Waals surface area contributed by atoms with Crippen molar-refractivity contribution in [3.8, 4) is 0 Å². The quantitative estimate of drug-likeness (QED) is 0.564. The first-order valence-corrected chi connectivity index (χ1v) is 5.38. The van der Waals surface area contributed by atoms with Gasteiger partial charge >= 0.3 is 0 Å². The first-order valence-electron chi connectivity index (χ1n) is 2.34. The van der Waals surface area contributed by atoms with E-state index in [1.54, 1.807) is 0 Å². The monoisotopic (exact) mass is 182 g/mol. The molecule has 1 rings (SSSR count). The van der Waals surface area contributed by atoms with Crippen LogP contribution in [0, 0.1) is 0 Å². The van der Waals surface area contributed by atoms with Crippen LogP contribution >= 0.6 is 48.8 Å². The van der Waals surface area contributed by atoms with Gasteiger partial charge in [-0.2, -0.15) is 0 Å². The molecule has 0 N–H and O–H groups in total. The van der Waals surface area contributed by atoms with Gasteiger partial charge in [0.15, 0.2) is 0 Å². The third kappa shape index (κ3) is 2.33. The van der Waals surface area contributed by atoms with Crippen molar-refractivity contribution in [3.05, 3.63) is 0 Å². The molecule has 1 aliphatic heterocycles. The van der Waals surface area contributed by atoms with E-state index in [9.17, 15) is 0 Å². The van der Waals surface area contributed by atoms with E-state index in [1.165, 1.54) is 0 Å². The molecule has 4 heteroatoms. The van der Waals surface area contributed by atoms with E-state index in [-0.39, 0.29) is 0 Å². The van der Waals surface area contributed by atoms with E-state index in [0.717, 1.165) is 11.5 Å². The topological polar surface area (TPSA) is 0 Å². The summed E-state index contributed by atoms with van der Waals surface area (Å²) in [4.78, 5) is 0. The molecular formula is C4H6S4. The van der Waals surface area contributed by atoms with Crippen molar-refractivity contribution >= 4 is 48.8 Å². The number of rotatable bonds is 0. The van der Waals surface area contributed by atoms with E-state index in [0.29, 0.717) is 9.16 Å². The molecular weight excluding hydrogens is 176 g/mol. The molecule has 0 bridgehead atoms. The Kier molecular flexibility index (Phi) is 3.32. The fraction of sp³-hybridized carbons (Fsp3) is 1.00. The summed E-state index contributed by atoms with van der Waals surface area (Å²) in [6.07, 6.45) is 0. The fourth-order valence-electron chi connectivity index (χ4n) is 0.468. The van der Waals surface area contributed by atoms with Crippen molar-refractivity contribution in [2.75, 3.05) is 11.5 Å². The van der Waals surface area contributed by atoms with Gasteiger partial charge in [0.1, 0.15) is 0 Å². The van der Waals surface area contributed by atoms with Crippen LogP contribution in [0.25, 0.3) is 0 Å². The number of hydrogen-bond acceptors (Lipinski definition) is 2. The molecule has 0 aromatic heterocycles. The van der Waals surface area contributed by atoms with Gasteiger partial charge in [-0.05, 0) is 0 Å². The average Bonchev–Trinajstić information content (AvgIpc) is 1.77. The minimum absolute atomic E-state index is 0.416. The van der Waals surface area contributed by atoms with E-state index in [4.69, 9.17) is 25.3 Å². The largest absolute Gasteiger partial charge is 0.144 e. The van der Waals surface area contributed by atoms with Crippen molar-refractivity contribution in [1.82, 2.24) is 0 Å². The zero-order chi connectivity index (χ0) is 5.98. The van der Waals surface area contributed by atoms with E-state index >= 15 is 0 Å². The van der Waals surface area contributed by atoms with Crippen molar-refractivity contribution < 1.29 is 0 Å². The van der Waals surface area contributed by atoms with Crippen molar-refractivity contribution in [1.29, 1.82) is 0 Å². The maximum atomic E-state index is 5.04. The van der Waals surface area contributed by atoms with Crippen LogP contribution in [-0.4, -0.2) is 20.7 Å². The summed E-state index contributed by atoms with van der Waals surface area (Å²) in [5.74, 6) is 2.13. The second-order valence-corrected chi connectivity index (χ2v) is 5.73. The summed E-state index contributed by atoms with van der Waals surface area (Å²) in [5.41, 5.74) is 0.